The summed E-state index contributed by atoms with van der Waals surface area (Å²) in [4.78, 5) is 35.7. The van der Waals surface area contributed by atoms with Crippen molar-refractivity contribution in [2.75, 3.05) is 18.0 Å². The van der Waals surface area contributed by atoms with Crippen LogP contribution in [0.3, 0.4) is 0 Å². The maximum atomic E-state index is 14.6. The first kappa shape index (κ1) is 21.2. The van der Waals surface area contributed by atoms with E-state index in [1.54, 1.807) is 12.1 Å². The molecule has 8 heteroatoms. The van der Waals surface area contributed by atoms with Gasteiger partial charge < -0.3 is 10.1 Å². The minimum atomic E-state index is -0.719. The molecule has 0 spiro atoms. The fourth-order valence-corrected chi connectivity index (χ4v) is 3.00. The number of rotatable bonds is 6. The highest BCUT2D eigenvalue weighted by atomic mass is 19.1. The molecule has 1 heterocycles. The second-order valence-corrected chi connectivity index (χ2v) is 6.89. The zero-order valence-corrected chi connectivity index (χ0v) is 16.4. The Labute approximate surface area is 172 Å². The number of benzene rings is 2. The van der Waals surface area contributed by atoms with Crippen molar-refractivity contribution in [3.63, 3.8) is 0 Å². The number of amides is 2. The van der Waals surface area contributed by atoms with Gasteiger partial charge in [0, 0.05) is 23.6 Å². The van der Waals surface area contributed by atoms with Gasteiger partial charge in [0.05, 0.1) is 18.8 Å². The van der Waals surface area contributed by atoms with E-state index in [-0.39, 0.29) is 41.6 Å². The topological polar surface area (TPSA) is 75.7 Å². The monoisotopic (exact) mass is 414 g/mol. The van der Waals surface area contributed by atoms with Crippen molar-refractivity contribution in [2.24, 2.45) is 0 Å². The molecule has 2 aromatic rings. The summed E-state index contributed by atoms with van der Waals surface area (Å²) in [6.07, 6.45) is -0.171. The molecule has 0 radical (unpaired) electrons. The normalized spacial score (nSPS) is 16.4. The molecule has 1 aliphatic heterocycles. The number of anilines is 1. The number of halogens is 2. The first-order valence-electron chi connectivity index (χ1n) is 9.25. The summed E-state index contributed by atoms with van der Waals surface area (Å²) in [5.74, 6) is -1.86. The third-order valence-electron chi connectivity index (χ3n) is 4.58. The van der Waals surface area contributed by atoms with Crippen LogP contribution in [0, 0.1) is 5.82 Å². The lowest BCUT2D eigenvalue weighted by Crippen LogP contribution is -2.33. The van der Waals surface area contributed by atoms with Gasteiger partial charge in [-0.2, -0.15) is 0 Å². The number of nitrogens with one attached hydrogen (secondary N) is 1. The molecule has 0 aromatic heterocycles. The molecule has 6 nitrogen and oxygen atoms in total. The standard InChI is InChI=1S/C22H20F2N2O4/c1-13(27)15-4-3-5-16(8-15)20(23)9-17-6-7-18(10-21(17)24)26-12-19(30-22(26)29)11-25-14(2)28/h3-10,19H,11-12H2,1-2H3,(H,25,28)/t19-/m0/s1. The molecule has 1 fully saturated rings. The predicted octanol–water partition coefficient (Wildman–Crippen LogP) is 3.96. The van der Waals surface area contributed by atoms with Crippen molar-refractivity contribution in [2.45, 2.75) is 20.0 Å². The van der Waals surface area contributed by atoms with Gasteiger partial charge in [0.1, 0.15) is 17.7 Å². The molecule has 1 saturated heterocycles. The van der Waals surface area contributed by atoms with Crippen LogP contribution in [0.25, 0.3) is 11.9 Å². The van der Waals surface area contributed by atoms with Gasteiger partial charge in [-0.3, -0.25) is 14.5 Å². The lowest BCUT2D eigenvalue weighted by atomic mass is 10.1. The zero-order chi connectivity index (χ0) is 21.8. The van der Waals surface area contributed by atoms with Crippen LogP contribution in [0.4, 0.5) is 19.3 Å². The Morgan fingerprint density at radius 2 is 1.93 bits per heavy atom. The quantitative estimate of drug-likeness (QED) is 0.574. The van der Waals surface area contributed by atoms with Crippen LogP contribution in [-0.2, 0) is 9.53 Å². The van der Waals surface area contributed by atoms with Crippen LogP contribution in [-0.4, -0.2) is 37.0 Å². The predicted molar refractivity (Wildman–Crippen MR) is 108 cm³/mol. The summed E-state index contributed by atoms with van der Waals surface area (Å²) in [6.45, 7) is 3.04. The zero-order valence-electron chi connectivity index (χ0n) is 16.4. The fraction of sp³-hybridized carbons (Fsp3) is 0.227. The van der Waals surface area contributed by atoms with E-state index < -0.39 is 23.8 Å². The number of hydrogen-bond donors (Lipinski definition) is 1. The fourth-order valence-electron chi connectivity index (χ4n) is 3.00. The Kier molecular flexibility index (Phi) is 6.25. The molecule has 0 unspecified atom stereocenters. The Hall–Kier alpha value is -3.55. The summed E-state index contributed by atoms with van der Waals surface area (Å²) >= 11 is 0. The molecule has 0 saturated carbocycles. The van der Waals surface area contributed by atoms with Crippen LogP contribution >= 0.6 is 0 Å². The number of Topliss-reactive ketones (excluding diaryl/α,β-unsaturated/α-hetero) is 1. The first-order chi connectivity index (χ1) is 14.2. The molecule has 30 heavy (non-hydrogen) atoms. The Balaban J connectivity index is 1.78. The smallest absolute Gasteiger partial charge is 0.414 e. The summed E-state index contributed by atoms with van der Waals surface area (Å²) in [5, 5.41) is 2.56. The maximum Gasteiger partial charge on any atom is 0.414 e. The molecular weight excluding hydrogens is 394 g/mol. The van der Waals surface area contributed by atoms with E-state index >= 15 is 0 Å². The van der Waals surface area contributed by atoms with E-state index in [1.165, 1.54) is 43.0 Å². The van der Waals surface area contributed by atoms with Gasteiger partial charge >= 0.3 is 6.09 Å². The molecule has 1 N–H and O–H groups in total. The van der Waals surface area contributed by atoms with Gasteiger partial charge in [-0.15, -0.1) is 0 Å². The molecule has 156 valence electrons. The van der Waals surface area contributed by atoms with Gasteiger partial charge in [0.15, 0.2) is 5.78 Å². The number of carbonyl (C=O) groups excluding carboxylic acids is 3. The van der Waals surface area contributed by atoms with E-state index in [9.17, 15) is 23.2 Å². The van der Waals surface area contributed by atoms with Gasteiger partial charge in [0.2, 0.25) is 5.91 Å². The van der Waals surface area contributed by atoms with Gasteiger partial charge in [-0.05, 0) is 37.3 Å². The van der Waals surface area contributed by atoms with E-state index in [0.717, 1.165) is 12.1 Å². The van der Waals surface area contributed by atoms with Crippen LogP contribution in [0.15, 0.2) is 42.5 Å². The number of cyclic esters (lactones) is 1. The second kappa shape index (κ2) is 8.86. The van der Waals surface area contributed by atoms with Crippen LogP contribution in [0.5, 0.6) is 0 Å². The van der Waals surface area contributed by atoms with E-state index in [4.69, 9.17) is 4.74 Å². The highest BCUT2D eigenvalue weighted by molar-refractivity contribution is 5.95. The first-order valence-corrected chi connectivity index (χ1v) is 9.25. The largest absolute Gasteiger partial charge is 0.442 e. The van der Waals surface area contributed by atoms with Crippen molar-refractivity contribution in [1.29, 1.82) is 0 Å². The molecule has 2 amide bonds. The molecule has 1 atom stereocenters. The summed E-state index contributed by atoms with van der Waals surface area (Å²) < 4.78 is 34.3. The van der Waals surface area contributed by atoms with Gasteiger partial charge in [-0.25, -0.2) is 13.6 Å². The van der Waals surface area contributed by atoms with Crippen molar-refractivity contribution in [3.05, 3.63) is 65.0 Å². The molecule has 3 rings (SSSR count). The van der Waals surface area contributed by atoms with E-state index in [2.05, 4.69) is 5.32 Å². The lowest BCUT2D eigenvalue weighted by molar-refractivity contribution is -0.119. The molecule has 0 bridgehead atoms. The van der Waals surface area contributed by atoms with Crippen LogP contribution in [0.2, 0.25) is 0 Å². The highest BCUT2D eigenvalue weighted by Crippen LogP contribution is 2.27. The molecule has 1 aliphatic rings. The number of carbonyl (C=O) groups is 3. The van der Waals surface area contributed by atoms with Gasteiger partial charge in [0.25, 0.3) is 0 Å². The lowest BCUT2D eigenvalue weighted by Gasteiger charge is -2.14. The Bertz CT molecular complexity index is 1040. The molecule has 2 aromatic carbocycles. The third kappa shape index (κ3) is 4.89. The Morgan fingerprint density at radius 1 is 1.20 bits per heavy atom. The van der Waals surface area contributed by atoms with E-state index in [1.807, 2.05) is 0 Å². The van der Waals surface area contributed by atoms with Crippen LogP contribution < -0.4 is 10.2 Å². The van der Waals surface area contributed by atoms with E-state index in [0.29, 0.717) is 5.56 Å². The summed E-state index contributed by atoms with van der Waals surface area (Å²) in [5.41, 5.74) is 0.772. The van der Waals surface area contributed by atoms with Crippen molar-refractivity contribution >= 4 is 35.4 Å². The second-order valence-electron chi connectivity index (χ2n) is 6.89. The average molecular weight is 414 g/mol. The minimum absolute atomic E-state index is 0.00756. The number of nitrogens with zero attached hydrogens (tertiary/aromatic N) is 1. The number of ether oxygens (including phenoxy) is 1. The summed E-state index contributed by atoms with van der Waals surface area (Å²) in [6, 6.07) is 9.96. The SMILES string of the molecule is CC(=O)NC[C@H]1CN(c2ccc(C=C(F)c3cccc(C(C)=O)c3)c(F)c2)C(=O)O1. The third-order valence-corrected chi connectivity index (χ3v) is 4.58. The Morgan fingerprint density at radius 3 is 2.60 bits per heavy atom. The number of hydrogen-bond acceptors (Lipinski definition) is 4. The minimum Gasteiger partial charge on any atom is -0.442 e. The number of ketones is 1. The van der Waals surface area contributed by atoms with Gasteiger partial charge in [-0.1, -0.05) is 18.2 Å². The molecular formula is C22H20F2N2O4. The summed E-state index contributed by atoms with van der Waals surface area (Å²) in [7, 11) is 0. The van der Waals surface area contributed by atoms with Crippen molar-refractivity contribution < 1.29 is 27.9 Å². The highest BCUT2D eigenvalue weighted by Gasteiger charge is 2.32. The van der Waals surface area contributed by atoms with Crippen molar-refractivity contribution in [1.82, 2.24) is 5.32 Å². The average Bonchev–Trinajstić information content (AvgIpc) is 3.08. The maximum absolute atomic E-state index is 14.6. The van der Waals surface area contributed by atoms with Crippen molar-refractivity contribution in [3.8, 4) is 0 Å². The molecule has 0 aliphatic carbocycles. The van der Waals surface area contributed by atoms with Crippen LogP contribution in [0.1, 0.15) is 35.3 Å².